The average molecular weight is 255 g/mol. The van der Waals surface area contributed by atoms with Crippen molar-refractivity contribution < 1.29 is 8.42 Å². The van der Waals surface area contributed by atoms with Gasteiger partial charge in [-0.2, -0.15) is 0 Å². The van der Waals surface area contributed by atoms with Crippen LogP contribution >= 0.6 is 0 Å². The molecule has 0 aliphatic carbocycles. The number of hydrogen-bond donors (Lipinski definition) is 1. The molecule has 3 nitrogen and oxygen atoms in total. The second-order valence-electron chi connectivity index (χ2n) is 5.58. The lowest BCUT2D eigenvalue weighted by atomic mass is 10.1. The maximum absolute atomic E-state index is 12.3. The number of benzene rings is 1. The largest absolute Gasteiger partial charge is 0.241 e. The van der Waals surface area contributed by atoms with Gasteiger partial charge in [-0.25, -0.2) is 13.1 Å². The fourth-order valence-electron chi connectivity index (χ4n) is 2.04. The molecule has 1 N–H and O–H groups in total. The maximum Gasteiger partial charge on any atom is 0.241 e. The Kier molecular flexibility index (Phi) is 3.69. The summed E-state index contributed by atoms with van der Waals surface area (Å²) in [5.74, 6) is 0. The first-order valence-electron chi connectivity index (χ1n) is 5.65. The van der Waals surface area contributed by atoms with Crippen LogP contribution in [0.15, 0.2) is 17.0 Å². The summed E-state index contributed by atoms with van der Waals surface area (Å²) in [6, 6.07) is 3.79. The summed E-state index contributed by atoms with van der Waals surface area (Å²) in [5.41, 5.74) is 2.19. The third kappa shape index (κ3) is 3.54. The van der Waals surface area contributed by atoms with Crippen molar-refractivity contribution in [2.45, 2.75) is 52.0 Å². The summed E-state index contributed by atoms with van der Waals surface area (Å²) < 4.78 is 27.3. The quantitative estimate of drug-likeness (QED) is 0.883. The lowest BCUT2D eigenvalue weighted by Gasteiger charge is -2.22. The zero-order valence-electron chi connectivity index (χ0n) is 11.4. The molecule has 0 aliphatic rings. The number of aryl methyl sites for hydroxylation is 3. The van der Waals surface area contributed by atoms with E-state index < -0.39 is 15.6 Å². The van der Waals surface area contributed by atoms with Crippen molar-refractivity contribution in [2.75, 3.05) is 0 Å². The van der Waals surface area contributed by atoms with Gasteiger partial charge >= 0.3 is 0 Å². The van der Waals surface area contributed by atoms with Crippen LogP contribution in [0, 0.1) is 20.8 Å². The van der Waals surface area contributed by atoms with Crippen LogP contribution in [-0.4, -0.2) is 14.0 Å². The van der Waals surface area contributed by atoms with Crippen LogP contribution in [0.25, 0.3) is 0 Å². The van der Waals surface area contributed by atoms with Gasteiger partial charge in [-0.1, -0.05) is 17.7 Å². The van der Waals surface area contributed by atoms with Gasteiger partial charge in [0.05, 0.1) is 4.90 Å². The van der Waals surface area contributed by atoms with E-state index in [1.807, 2.05) is 53.7 Å². The van der Waals surface area contributed by atoms with E-state index in [9.17, 15) is 8.42 Å². The van der Waals surface area contributed by atoms with Crippen LogP contribution in [0.1, 0.15) is 37.5 Å². The van der Waals surface area contributed by atoms with E-state index in [1.54, 1.807) is 0 Å². The molecule has 0 saturated carbocycles. The Bertz CT molecular complexity index is 502. The molecule has 4 heteroatoms. The number of hydrogen-bond acceptors (Lipinski definition) is 2. The highest BCUT2D eigenvalue weighted by Gasteiger charge is 2.25. The van der Waals surface area contributed by atoms with E-state index in [-0.39, 0.29) is 0 Å². The number of nitrogens with one attached hydrogen (secondary N) is 1. The molecule has 0 fully saturated rings. The molecule has 0 unspecified atom stereocenters. The van der Waals surface area contributed by atoms with E-state index in [4.69, 9.17) is 0 Å². The molecule has 0 aromatic heterocycles. The topological polar surface area (TPSA) is 46.2 Å². The van der Waals surface area contributed by atoms with E-state index >= 15 is 0 Å². The van der Waals surface area contributed by atoms with Gasteiger partial charge in [0.15, 0.2) is 0 Å². The first-order valence-corrected chi connectivity index (χ1v) is 7.13. The van der Waals surface area contributed by atoms with Crippen LogP contribution in [-0.2, 0) is 10.0 Å². The molecular weight excluding hydrogens is 234 g/mol. The molecule has 0 heterocycles. The lowest BCUT2D eigenvalue weighted by Crippen LogP contribution is -2.41. The lowest BCUT2D eigenvalue weighted by molar-refractivity contribution is 0.491. The second kappa shape index (κ2) is 4.42. The van der Waals surface area contributed by atoms with Gasteiger partial charge in [-0.05, 0) is 52.7 Å². The van der Waals surface area contributed by atoms with Gasteiger partial charge in [0.1, 0.15) is 0 Å². The van der Waals surface area contributed by atoms with Crippen LogP contribution < -0.4 is 4.72 Å². The first kappa shape index (κ1) is 14.2. The summed E-state index contributed by atoms with van der Waals surface area (Å²) in [7, 11) is -3.45. The minimum absolute atomic E-state index is 0.401. The fraction of sp³-hybridized carbons (Fsp3) is 0.538. The zero-order chi connectivity index (χ0) is 13.4. The van der Waals surface area contributed by atoms with Gasteiger partial charge in [0, 0.05) is 5.54 Å². The Morgan fingerprint density at radius 3 is 1.76 bits per heavy atom. The van der Waals surface area contributed by atoms with Crippen LogP contribution in [0.4, 0.5) is 0 Å². The van der Waals surface area contributed by atoms with Crippen molar-refractivity contribution in [1.82, 2.24) is 4.72 Å². The second-order valence-corrected chi connectivity index (χ2v) is 7.20. The smallest absolute Gasteiger partial charge is 0.207 e. The van der Waals surface area contributed by atoms with Gasteiger partial charge in [0.25, 0.3) is 0 Å². The van der Waals surface area contributed by atoms with Crippen molar-refractivity contribution in [3.05, 3.63) is 28.8 Å². The van der Waals surface area contributed by atoms with Crippen molar-refractivity contribution >= 4 is 10.0 Å². The molecule has 1 aromatic carbocycles. The number of rotatable bonds is 2. The monoisotopic (exact) mass is 255 g/mol. The summed E-state index contributed by atoms with van der Waals surface area (Å²) in [4.78, 5) is 0.401. The Balaban J connectivity index is 3.35. The third-order valence-corrected chi connectivity index (χ3v) is 4.38. The standard InChI is InChI=1S/C13H21NO2S/c1-9-7-10(2)12(11(3)8-9)17(15,16)14-13(4,5)6/h7-8,14H,1-6H3. The van der Waals surface area contributed by atoms with Gasteiger partial charge < -0.3 is 0 Å². The van der Waals surface area contributed by atoms with E-state index in [1.165, 1.54) is 0 Å². The molecule has 0 amide bonds. The molecule has 96 valence electrons. The molecule has 1 aromatic rings. The van der Waals surface area contributed by atoms with Crippen LogP contribution in [0.3, 0.4) is 0 Å². The Hall–Kier alpha value is -0.870. The summed E-state index contributed by atoms with van der Waals surface area (Å²) in [6.45, 7) is 11.1. The molecule has 0 aliphatic heterocycles. The molecule has 0 bridgehead atoms. The van der Waals surface area contributed by atoms with Crippen molar-refractivity contribution in [3.63, 3.8) is 0 Å². The normalized spacial score (nSPS) is 12.8. The predicted molar refractivity (Wildman–Crippen MR) is 70.7 cm³/mol. The van der Waals surface area contributed by atoms with Crippen LogP contribution in [0.2, 0.25) is 0 Å². The van der Waals surface area contributed by atoms with Crippen molar-refractivity contribution in [3.8, 4) is 0 Å². The van der Waals surface area contributed by atoms with Gasteiger partial charge in [-0.15, -0.1) is 0 Å². The highest BCUT2D eigenvalue weighted by molar-refractivity contribution is 7.89. The van der Waals surface area contributed by atoms with E-state index in [2.05, 4.69) is 4.72 Å². The zero-order valence-corrected chi connectivity index (χ0v) is 12.2. The Labute approximate surface area is 104 Å². The molecule has 1 rings (SSSR count). The Morgan fingerprint density at radius 1 is 1.00 bits per heavy atom. The third-order valence-electron chi connectivity index (χ3n) is 2.31. The molecule has 0 atom stereocenters. The summed E-state index contributed by atoms with van der Waals surface area (Å²) >= 11 is 0. The van der Waals surface area contributed by atoms with Gasteiger partial charge in [-0.3, -0.25) is 0 Å². The molecular formula is C13H21NO2S. The minimum Gasteiger partial charge on any atom is -0.207 e. The van der Waals surface area contributed by atoms with Crippen molar-refractivity contribution in [1.29, 1.82) is 0 Å². The summed E-state index contributed by atoms with van der Waals surface area (Å²) in [5, 5.41) is 0. The maximum atomic E-state index is 12.3. The number of sulfonamides is 1. The van der Waals surface area contributed by atoms with Crippen LogP contribution in [0.5, 0.6) is 0 Å². The Morgan fingerprint density at radius 2 is 1.41 bits per heavy atom. The first-order chi connectivity index (χ1) is 7.53. The van der Waals surface area contributed by atoms with Gasteiger partial charge in [0.2, 0.25) is 10.0 Å². The minimum atomic E-state index is -3.45. The molecule has 0 spiro atoms. The molecule has 17 heavy (non-hydrogen) atoms. The van der Waals surface area contributed by atoms with E-state index in [0.717, 1.165) is 16.7 Å². The van der Waals surface area contributed by atoms with E-state index in [0.29, 0.717) is 4.90 Å². The van der Waals surface area contributed by atoms with Crippen molar-refractivity contribution in [2.24, 2.45) is 0 Å². The molecule has 0 radical (unpaired) electrons. The highest BCUT2D eigenvalue weighted by atomic mass is 32.2. The highest BCUT2D eigenvalue weighted by Crippen LogP contribution is 2.22. The summed E-state index contributed by atoms with van der Waals surface area (Å²) in [6.07, 6.45) is 0. The predicted octanol–water partition coefficient (Wildman–Crippen LogP) is 2.69. The SMILES string of the molecule is Cc1cc(C)c(S(=O)(=O)NC(C)(C)C)c(C)c1. The molecule has 0 saturated heterocycles. The average Bonchev–Trinajstić information content (AvgIpc) is 1.93. The fourth-order valence-corrected chi connectivity index (χ4v) is 3.92.